The molecule has 0 fully saturated rings. The van der Waals surface area contributed by atoms with Gasteiger partial charge in [-0.15, -0.1) is 0 Å². The first-order valence-electron chi connectivity index (χ1n) is 11.8. The summed E-state index contributed by atoms with van der Waals surface area (Å²) in [5.74, 6) is -0.999. The van der Waals surface area contributed by atoms with Crippen LogP contribution in [0.15, 0.2) is 77.7 Å². The summed E-state index contributed by atoms with van der Waals surface area (Å²) in [6.07, 6.45) is 0. The van der Waals surface area contributed by atoms with Gasteiger partial charge in [0.05, 0.1) is 20.6 Å². The minimum absolute atomic E-state index is 0.0199. The maximum Gasteiger partial charge on any atom is 0.264 e. The van der Waals surface area contributed by atoms with Crippen LogP contribution in [0.1, 0.15) is 26.3 Å². The molecule has 7 nitrogen and oxygen atoms in total. The molecule has 3 aromatic rings. The summed E-state index contributed by atoms with van der Waals surface area (Å²) in [4.78, 5) is 28.1. The van der Waals surface area contributed by atoms with E-state index in [2.05, 4.69) is 5.32 Å². The number of hydrogen-bond acceptors (Lipinski definition) is 4. The van der Waals surface area contributed by atoms with Gasteiger partial charge in [0.25, 0.3) is 10.0 Å². The van der Waals surface area contributed by atoms with E-state index >= 15 is 0 Å². The minimum Gasteiger partial charge on any atom is -0.352 e. The summed E-state index contributed by atoms with van der Waals surface area (Å²) < 4.78 is 28.4. The van der Waals surface area contributed by atoms with Gasteiger partial charge in [-0.05, 0) is 62.7 Å². The number of nitrogens with one attached hydrogen (secondary N) is 1. The van der Waals surface area contributed by atoms with Crippen LogP contribution < -0.4 is 9.62 Å². The van der Waals surface area contributed by atoms with Crippen LogP contribution in [-0.2, 0) is 26.2 Å². The van der Waals surface area contributed by atoms with E-state index in [4.69, 9.17) is 34.8 Å². The molecule has 1 atom stereocenters. The smallest absolute Gasteiger partial charge is 0.264 e. The molecule has 1 N–H and O–H groups in total. The number of amides is 2. The second-order valence-corrected chi connectivity index (χ2v) is 12.0. The molecule has 0 bridgehead atoms. The first-order chi connectivity index (χ1) is 17.9. The molecule has 0 radical (unpaired) electrons. The fraction of sp³-hybridized carbons (Fsp3) is 0.259. The zero-order valence-corrected chi connectivity index (χ0v) is 24.2. The van der Waals surface area contributed by atoms with Crippen LogP contribution >= 0.6 is 34.8 Å². The Morgan fingerprint density at radius 3 is 2.18 bits per heavy atom. The number of rotatable bonds is 10. The van der Waals surface area contributed by atoms with E-state index in [1.54, 1.807) is 55.5 Å². The average molecular weight is 597 g/mol. The minimum atomic E-state index is -4.25. The molecule has 0 aliphatic carbocycles. The lowest BCUT2D eigenvalue weighted by Gasteiger charge is -2.32. The molecular formula is C27H28Cl3N3O4S. The number of sulfonamides is 1. The van der Waals surface area contributed by atoms with E-state index in [0.717, 1.165) is 4.31 Å². The van der Waals surface area contributed by atoms with Gasteiger partial charge in [-0.25, -0.2) is 8.42 Å². The highest BCUT2D eigenvalue weighted by Gasteiger charge is 2.33. The fourth-order valence-corrected chi connectivity index (χ4v) is 5.85. The van der Waals surface area contributed by atoms with E-state index in [1.165, 1.54) is 29.2 Å². The normalized spacial score (nSPS) is 12.2. The number of benzene rings is 3. The van der Waals surface area contributed by atoms with E-state index in [0.29, 0.717) is 10.6 Å². The molecule has 3 aromatic carbocycles. The number of anilines is 1. The van der Waals surface area contributed by atoms with Crippen LogP contribution in [0.5, 0.6) is 0 Å². The van der Waals surface area contributed by atoms with Gasteiger partial charge in [-0.1, -0.05) is 71.2 Å². The zero-order chi connectivity index (χ0) is 28.0. The van der Waals surface area contributed by atoms with Crippen molar-refractivity contribution in [3.8, 4) is 0 Å². The fourth-order valence-electron chi connectivity index (χ4n) is 3.74. The van der Waals surface area contributed by atoms with Crippen LogP contribution in [0.4, 0.5) is 5.69 Å². The largest absolute Gasteiger partial charge is 0.352 e. The predicted molar refractivity (Wildman–Crippen MR) is 152 cm³/mol. The molecule has 0 aromatic heterocycles. The van der Waals surface area contributed by atoms with Crippen molar-refractivity contribution in [2.45, 2.75) is 44.3 Å². The van der Waals surface area contributed by atoms with Gasteiger partial charge < -0.3 is 10.2 Å². The SMILES string of the molecule is CC(C)NC(=O)[C@H](C)N(Cc1cccc(Cl)c1)C(=O)CN(c1cccc(Cl)c1Cl)S(=O)(=O)c1ccccc1. The Morgan fingerprint density at radius 1 is 0.895 bits per heavy atom. The summed E-state index contributed by atoms with van der Waals surface area (Å²) in [6, 6.07) is 18.0. The molecule has 3 rings (SSSR count). The molecule has 0 unspecified atom stereocenters. The number of hydrogen-bond donors (Lipinski definition) is 1. The third-order valence-corrected chi connectivity index (χ3v) is 8.47. The topological polar surface area (TPSA) is 86.8 Å². The van der Waals surface area contributed by atoms with Gasteiger partial charge >= 0.3 is 0 Å². The molecular weight excluding hydrogens is 569 g/mol. The van der Waals surface area contributed by atoms with Gasteiger partial charge in [0.2, 0.25) is 11.8 Å². The first-order valence-corrected chi connectivity index (χ1v) is 14.3. The molecule has 0 aliphatic heterocycles. The lowest BCUT2D eigenvalue weighted by atomic mass is 10.1. The highest BCUT2D eigenvalue weighted by Crippen LogP contribution is 2.35. The molecule has 0 spiro atoms. The third kappa shape index (κ3) is 7.20. The van der Waals surface area contributed by atoms with Gasteiger partial charge in [0.1, 0.15) is 12.6 Å². The Hall–Kier alpha value is -2.78. The number of halogens is 3. The van der Waals surface area contributed by atoms with Crippen molar-refractivity contribution in [2.24, 2.45) is 0 Å². The predicted octanol–water partition coefficient (Wildman–Crippen LogP) is 5.78. The zero-order valence-electron chi connectivity index (χ0n) is 21.1. The van der Waals surface area contributed by atoms with Crippen LogP contribution in [0.25, 0.3) is 0 Å². The second-order valence-electron chi connectivity index (χ2n) is 8.89. The van der Waals surface area contributed by atoms with Crippen molar-refractivity contribution in [2.75, 3.05) is 10.8 Å². The quantitative estimate of drug-likeness (QED) is 0.321. The van der Waals surface area contributed by atoms with Crippen molar-refractivity contribution in [1.82, 2.24) is 10.2 Å². The van der Waals surface area contributed by atoms with Gasteiger partial charge in [0.15, 0.2) is 0 Å². The van der Waals surface area contributed by atoms with Crippen molar-refractivity contribution >= 4 is 62.3 Å². The standard InChI is InChI=1S/C27H28Cl3N3O4S/c1-18(2)31-27(35)19(3)32(16-20-9-7-10-21(28)15-20)25(34)17-33(24-14-8-13-23(29)26(24)30)38(36,37)22-11-5-4-6-12-22/h4-15,18-19H,16-17H2,1-3H3,(H,31,35)/t19-/m0/s1. The van der Waals surface area contributed by atoms with Crippen LogP contribution in [-0.4, -0.2) is 43.8 Å². The third-order valence-electron chi connectivity index (χ3n) is 5.65. The Balaban J connectivity index is 2.07. The average Bonchev–Trinajstić information content (AvgIpc) is 2.87. The maximum atomic E-state index is 13.9. The Labute approximate surface area is 238 Å². The Bertz CT molecular complexity index is 1400. The lowest BCUT2D eigenvalue weighted by molar-refractivity contribution is -0.139. The lowest BCUT2D eigenvalue weighted by Crippen LogP contribution is -2.52. The van der Waals surface area contributed by atoms with Crippen LogP contribution in [0.3, 0.4) is 0 Å². The molecule has 0 saturated carbocycles. The van der Waals surface area contributed by atoms with Gasteiger partial charge in [-0.3, -0.25) is 13.9 Å². The Morgan fingerprint density at radius 2 is 1.55 bits per heavy atom. The second kappa shape index (κ2) is 12.8. The molecule has 11 heteroatoms. The summed E-state index contributed by atoms with van der Waals surface area (Å²) in [6.45, 7) is 4.60. The Kier molecular flexibility index (Phi) is 10.1. The first kappa shape index (κ1) is 29.8. The molecule has 0 saturated heterocycles. The van der Waals surface area contributed by atoms with Crippen LogP contribution in [0, 0.1) is 0 Å². The van der Waals surface area contributed by atoms with Crippen molar-refractivity contribution in [3.63, 3.8) is 0 Å². The summed E-state index contributed by atoms with van der Waals surface area (Å²) in [5.41, 5.74) is 0.715. The highest BCUT2D eigenvalue weighted by molar-refractivity contribution is 7.92. The summed E-state index contributed by atoms with van der Waals surface area (Å²) in [7, 11) is -4.25. The van der Waals surface area contributed by atoms with E-state index in [1.807, 2.05) is 13.8 Å². The molecule has 0 aliphatic rings. The van der Waals surface area contributed by atoms with E-state index in [9.17, 15) is 18.0 Å². The summed E-state index contributed by atoms with van der Waals surface area (Å²) in [5, 5.41) is 3.38. The van der Waals surface area contributed by atoms with E-state index < -0.39 is 28.5 Å². The maximum absolute atomic E-state index is 13.9. The number of nitrogens with zero attached hydrogens (tertiary/aromatic N) is 2. The van der Waals surface area contributed by atoms with Crippen molar-refractivity contribution < 1.29 is 18.0 Å². The van der Waals surface area contributed by atoms with Crippen molar-refractivity contribution in [1.29, 1.82) is 0 Å². The number of carbonyl (C=O) groups is 2. The number of carbonyl (C=O) groups excluding carboxylic acids is 2. The van der Waals surface area contributed by atoms with Gasteiger partial charge in [0, 0.05) is 17.6 Å². The monoisotopic (exact) mass is 595 g/mol. The molecule has 2 amide bonds. The van der Waals surface area contributed by atoms with Crippen LogP contribution in [0.2, 0.25) is 15.1 Å². The highest BCUT2D eigenvalue weighted by atomic mass is 35.5. The molecule has 202 valence electrons. The summed E-state index contributed by atoms with van der Waals surface area (Å²) >= 11 is 18.8. The van der Waals surface area contributed by atoms with E-state index in [-0.39, 0.29) is 39.1 Å². The molecule has 0 heterocycles. The van der Waals surface area contributed by atoms with Crippen molar-refractivity contribution in [3.05, 3.63) is 93.4 Å². The van der Waals surface area contributed by atoms with Gasteiger partial charge in [-0.2, -0.15) is 0 Å². The molecule has 38 heavy (non-hydrogen) atoms.